The van der Waals surface area contributed by atoms with E-state index < -0.39 is 57.8 Å². The van der Waals surface area contributed by atoms with Crippen LogP contribution in [0.25, 0.3) is 0 Å². The van der Waals surface area contributed by atoms with E-state index in [1.165, 1.54) is 37.7 Å². The molecule has 0 heterocycles. The second-order valence-electron chi connectivity index (χ2n) is 22.8. The van der Waals surface area contributed by atoms with Crippen molar-refractivity contribution in [1.82, 2.24) is 0 Å². The van der Waals surface area contributed by atoms with Gasteiger partial charge in [0.25, 0.3) is 0 Å². The van der Waals surface area contributed by atoms with Crippen molar-refractivity contribution in [2.75, 3.05) is 6.61 Å². The van der Waals surface area contributed by atoms with Crippen LogP contribution >= 0.6 is 0 Å². The number of carbonyl (C=O) groups is 3. The summed E-state index contributed by atoms with van der Waals surface area (Å²) in [6, 6.07) is 0. The molecule has 5 unspecified atom stereocenters. The topological polar surface area (TPSA) is 130 Å². The zero-order valence-electron chi connectivity index (χ0n) is 37.9. The van der Waals surface area contributed by atoms with E-state index in [4.69, 9.17) is 9.47 Å². The zero-order valence-corrected chi connectivity index (χ0v) is 37.9. The van der Waals surface area contributed by atoms with Crippen LogP contribution in [-0.2, 0) is 23.9 Å². The number of carbonyl (C=O) groups excluding carboxylic acids is 3. The number of esters is 2. The molecule has 328 valence electrons. The molecule has 0 saturated heterocycles. The Labute approximate surface area is 354 Å². The SMILES string of the molecule is CCCCCCCCCC(=O)O[C@@H]1[C@@H](C)[C@@]2(O)[C@@H](C=C(CO)C[C@]3(O)C(=O)C(C)=C[C@@H]23)[C@H]2C(C)(C)[C@]12OC(=O)C1C2[C@H]([C@@H]3C=C(C)CC4CC(C)C[C@H]4C3[C@@H]1C)C2(C)C. The molecule has 0 aromatic carbocycles. The lowest BCUT2D eigenvalue weighted by molar-refractivity contribution is -0.231. The minimum absolute atomic E-state index is 0.0272. The summed E-state index contributed by atoms with van der Waals surface area (Å²) in [6.07, 6.45) is 16.2. The Morgan fingerprint density at radius 1 is 0.898 bits per heavy atom. The second-order valence-corrected chi connectivity index (χ2v) is 22.8. The van der Waals surface area contributed by atoms with Crippen molar-refractivity contribution in [3.8, 4) is 0 Å². The lowest BCUT2D eigenvalue weighted by Crippen LogP contribution is -2.66. The molecule has 0 amide bonds. The maximum Gasteiger partial charge on any atom is 0.310 e. The van der Waals surface area contributed by atoms with Gasteiger partial charge < -0.3 is 24.8 Å². The summed E-state index contributed by atoms with van der Waals surface area (Å²) >= 11 is 0. The maximum absolute atomic E-state index is 15.5. The van der Waals surface area contributed by atoms with Crippen LogP contribution in [0.2, 0.25) is 0 Å². The Morgan fingerprint density at radius 2 is 1.58 bits per heavy atom. The number of rotatable bonds is 12. The molecule has 5 fully saturated rings. The summed E-state index contributed by atoms with van der Waals surface area (Å²) < 4.78 is 13.8. The Bertz CT molecular complexity index is 1800. The third-order valence-corrected chi connectivity index (χ3v) is 18.7. The summed E-state index contributed by atoms with van der Waals surface area (Å²) in [6.45, 7) is 21.1. The van der Waals surface area contributed by atoms with E-state index in [1.54, 1.807) is 13.0 Å². The Kier molecular flexibility index (Phi) is 11.0. The minimum atomic E-state index is -1.96. The van der Waals surface area contributed by atoms with E-state index in [0.717, 1.165) is 25.7 Å². The third-order valence-electron chi connectivity index (χ3n) is 18.7. The van der Waals surface area contributed by atoms with Crippen molar-refractivity contribution in [1.29, 1.82) is 0 Å². The average Bonchev–Trinajstić information content (AvgIpc) is 3.80. The van der Waals surface area contributed by atoms with E-state index in [9.17, 15) is 24.9 Å². The van der Waals surface area contributed by atoms with Crippen LogP contribution in [0.1, 0.15) is 146 Å². The average molecular weight is 817 g/mol. The van der Waals surface area contributed by atoms with Crippen LogP contribution in [0.15, 0.2) is 34.9 Å². The number of aliphatic hydroxyl groups excluding tert-OH is 1. The molecule has 5 saturated carbocycles. The van der Waals surface area contributed by atoms with Gasteiger partial charge in [-0.2, -0.15) is 0 Å². The summed E-state index contributed by atoms with van der Waals surface area (Å²) in [5.74, 6) is -1.00. The van der Waals surface area contributed by atoms with E-state index >= 15 is 4.79 Å². The Hall–Kier alpha value is -2.29. The van der Waals surface area contributed by atoms with Gasteiger partial charge in [-0.3, -0.25) is 14.4 Å². The molecule has 0 aromatic rings. The first kappa shape index (κ1) is 43.4. The molecule has 0 radical (unpaired) electrons. The fourth-order valence-corrected chi connectivity index (χ4v) is 16.0. The number of ketones is 1. The normalized spacial score (nSPS) is 47.0. The molecule has 59 heavy (non-hydrogen) atoms. The van der Waals surface area contributed by atoms with Crippen LogP contribution in [-0.4, -0.2) is 62.6 Å². The number of hydrogen-bond acceptors (Lipinski definition) is 8. The fourth-order valence-electron chi connectivity index (χ4n) is 16.0. The predicted molar refractivity (Wildman–Crippen MR) is 227 cm³/mol. The van der Waals surface area contributed by atoms with Crippen molar-refractivity contribution in [2.45, 2.75) is 169 Å². The van der Waals surface area contributed by atoms with E-state index in [-0.39, 0.29) is 54.6 Å². The van der Waals surface area contributed by atoms with Crippen LogP contribution < -0.4 is 0 Å². The van der Waals surface area contributed by atoms with Gasteiger partial charge in [0, 0.05) is 41.9 Å². The molecule has 8 nitrogen and oxygen atoms in total. The monoisotopic (exact) mass is 817 g/mol. The van der Waals surface area contributed by atoms with E-state index in [1.807, 2.05) is 13.0 Å². The maximum atomic E-state index is 15.5. The molecule has 3 N–H and O–H groups in total. The highest BCUT2D eigenvalue weighted by Crippen LogP contribution is 2.79. The summed E-state index contributed by atoms with van der Waals surface area (Å²) in [5.41, 5.74) is -3.38. The number of allylic oxidation sites excluding steroid dienone is 2. The number of aliphatic hydroxyl groups is 3. The smallest absolute Gasteiger partial charge is 0.310 e. The molecule has 8 heteroatoms. The number of Topliss-reactive ketones (excluding diaryl/α,β-unsaturated/α-hetero) is 1. The fraction of sp³-hybridized carbons (Fsp3) is 0.824. The van der Waals surface area contributed by atoms with Crippen LogP contribution in [0.4, 0.5) is 0 Å². The van der Waals surface area contributed by atoms with Gasteiger partial charge >= 0.3 is 11.9 Å². The molecule has 0 bridgehead atoms. The number of hydrogen-bond donors (Lipinski definition) is 3. The number of unbranched alkanes of at least 4 members (excludes halogenated alkanes) is 6. The van der Waals surface area contributed by atoms with Crippen molar-refractivity contribution < 1.29 is 39.2 Å². The van der Waals surface area contributed by atoms with Gasteiger partial charge in [0.2, 0.25) is 0 Å². The van der Waals surface area contributed by atoms with Gasteiger partial charge in [0.1, 0.15) is 11.7 Å². The van der Waals surface area contributed by atoms with Crippen LogP contribution in [0.3, 0.4) is 0 Å². The largest absolute Gasteiger partial charge is 0.458 e. The summed E-state index contributed by atoms with van der Waals surface area (Å²) in [7, 11) is 0. The summed E-state index contributed by atoms with van der Waals surface area (Å²) in [5, 5.41) is 36.3. The lowest BCUT2D eigenvalue weighted by atomic mass is 9.59. The molecular weight excluding hydrogens is 741 g/mol. The van der Waals surface area contributed by atoms with Gasteiger partial charge in [-0.15, -0.1) is 0 Å². The van der Waals surface area contributed by atoms with Gasteiger partial charge in [-0.05, 0) is 103 Å². The number of ether oxygens (including phenoxy) is 2. The van der Waals surface area contributed by atoms with Crippen LogP contribution in [0.5, 0.6) is 0 Å². The first-order chi connectivity index (χ1) is 27.7. The molecule has 8 aliphatic carbocycles. The van der Waals surface area contributed by atoms with E-state index in [0.29, 0.717) is 53.1 Å². The van der Waals surface area contributed by atoms with E-state index in [2.05, 4.69) is 61.5 Å². The number of fused-ring (bicyclic) bond motifs is 10. The molecular formula is C51H76O8. The Morgan fingerprint density at radius 3 is 2.25 bits per heavy atom. The van der Waals surface area contributed by atoms with Crippen molar-refractivity contribution in [2.24, 2.45) is 87.8 Å². The van der Waals surface area contributed by atoms with Crippen molar-refractivity contribution in [3.05, 3.63) is 34.9 Å². The summed E-state index contributed by atoms with van der Waals surface area (Å²) in [4.78, 5) is 43.3. The van der Waals surface area contributed by atoms with Gasteiger partial charge in [-0.25, -0.2) is 0 Å². The molecule has 0 aliphatic heterocycles. The highest BCUT2D eigenvalue weighted by molar-refractivity contribution is 6.04. The van der Waals surface area contributed by atoms with Gasteiger partial charge in [0.15, 0.2) is 11.4 Å². The molecule has 8 rings (SSSR count). The van der Waals surface area contributed by atoms with Gasteiger partial charge in [0.05, 0.1) is 18.1 Å². The van der Waals surface area contributed by atoms with Crippen molar-refractivity contribution >= 4 is 17.7 Å². The molecule has 8 aliphatic rings. The zero-order chi connectivity index (χ0) is 42.8. The van der Waals surface area contributed by atoms with Gasteiger partial charge in [-0.1, -0.05) is 118 Å². The van der Waals surface area contributed by atoms with Crippen molar-refractivity contribution in [3.63, 3.8) is 0 Å². The predicted octanol–water partition coefficient (Wildman–Crippen LogP) is 8.96. The highest BCUT2D eigenvalue weighted by atomic mass is 16.6. The first-order valence-corrected chi connectivity index (χ1v) is 23.8. The third kappa shape index (κ3) is 6.30. The molecule has 17 atom stereocenters. The quantitative estimate of drug-likeness (QED) is 0.101. The molecule has 0 aromatic heterocycles. The minimum Gasteiger partial charge on any atom is -0.458 e. The lowest BCUT2D eigenvalue weighted by Gasteiger charge is -2.53. The second kappa shape index (κ2) is 14.9. The highest BCUT2D eigenvalue weighted by Gasteiger charge is 2.88. The van der Waals surface area contributed by atoms with Crippen LogP contribution in [0, 0.1) is 87.8 Å². The standard InChI is InChI=1S/C51H76O8/c1-11-12-13-14-15-16-17-18-38(53)58-45-31(6)50(57)36(24-32(26-52)25-49(56)37(50)23-29(4)44(49)54)43-48(9,10)51(43,45)59-46(55)40-30(5)39-34-21-27(2)19-33(34)20-28(3)22-35(39)41-42(40)47(41,7)8/h22-24,27,30-31,33-37,39-43,45,52,56-57H,11-21,25-26H2,1-10H3/t27?,30-,31+,33?,34+,35+,36-,37+,39?,40?,41-,42?,43-,45+,49+,50+,51+/m0/s1. The first-order valence-electron chi connectivity index (χ1n) is 23.8. The Balaban J connectivity index is 1.16. The molecule has 0 spiro atoms.